The van der Waals surface area contributed by atoms with E-state index in [0.29, 0.717) is 18.4 Å². The molecule has 1 N–H and O–H groups in total. The molecule has 1 rings (SSSR count). The van der Waals surface area contributed by atoms with Gasteiger partial charge in [0.15, 0.2) is 0 Å². The Balaban J connectivity index is 2.31. The minimum atomic E-state index is -0.275. The Labute approximate surface area is 79.7 Å². The van der Waals surface area contributed by atoms with Gasteiger partial charge in [-0.15, -0.1) is 0 Å². The minimum Gasteiger partial charge on any atom is -0.392 e. The van der Waals surface area contributed by atoms with Gasteiger partial charge >= 0.3 is 0 Å². The van der Waals surface area contributed by atoms with Crippen LogP contribution in [0, 0.1) is 0 Å². The second kappa shape index (κ2) is 4.72. The Morgan fingerprint density at radius 3 is 2.54 bits per heavy atom. The highest BCUT2D eigenvalue weighted by Crippen LogP contribution is 2.19. The summed E-state index contributed by atoms with van der Waals surface area (Å²) in [4.78, 5) is 13.1. The van der Waals surface area contributed by atoms with Crippen LogP contribution in [0.5, 0.6) is 0 Å². The Bertz CT molecular complexity index is 170. The molecule has 0 amide bonds. The van der Waals surface area contributed by atoms with Crippen molar-refractivity contribution in [1.29, 1.82) is 0 Å². The number of rotatable bonds is 3. The smallest absolute Gasteiger partial charge is 0.133 e. The molecular weight excluding hydrogens is 166 g/mol. The van der Waals surface area contributed by atoms with Crippen LogP contribution in [-0.2, 0) is 4.79 Å². The van der Waals surface area contributed by atoms with Gasteiger partial charge in [-0.1, -0.05) is 0 Å². The first kappa shape index (κ1) is 10.7. The molecule has 3 heteroatoms. The van der Waals surface area contributed by atoms with E-state index < -0.39 is 0 Å². The molecule has 0 heterocycles. The van der Waals surface area contributed by atoms with Crippen LogP contribution in [0.25, 0.3) is 0 Å². The zero-order chi connectivity index (χ0) is 9.84. The van der Waals surface area contributed by atoms with Crippen molar-refractivity contribution < 1.29 is 9.90 Å². The second-order valence-electron chi connectivity index (χ2n) is 4.06. The van der Waals surface area contributed by atoms with E-state index >= 15 is 0 Å². The van der Waals surface area contributed by atoms with Crippen molar-refractivity contribution in [2.24, 2.45) is 0 Å². The Morgan fingerprint density at radius 1 is 1.54 bits per heavy atom. The summed E-state index contributed by atoms with van der Waals surface area (Å²) in [6.45, 7) is 2.50. The van der Waals surface area contributed by atoms with E-state index in [4.69, 9.17) is 0 Å². The molecule has 0 spiro atoms. The number of hydrogen-bond donors (Lipinski definition) is 1. The van der Waals surface area contributed by atoms with Crippen LogP contribution in [0.3, 0.4) is 0 Å². The molecule has 1 atom stereocenters. The van der Waals surface area contributed by atoms with Gasteiger partial charge < -0.3 is 10.0 Å². The van der Waals surface area contributed by atoms with Crippen molar-refractivity contribution in [3.8, 4) is 0 Å². The third kappa shape index (κ3) is 3.44. The average molecular weight is 185 g/mol. The van der Waals surface area contributed by atoms with Crippen LogP contribution >= 0.6 is 0 Å². The SMILES string of the molecule is CC(O)CN(C)C1CCC(=O)CC1. The number of likely N-dealkylation sites (N-methyl/N-ethyl adjacent to an activating group) is 1. The fraction of sp³-hybridized carbons (Fsp3) is 0.900. The van der Waals surface area contributed by atoms with E-state index in [1.807, 2.05) is 7.05 Å². The van der Waals surface area contributed by atoms with Crippen LogP contribution in [0.1, 0.15) is 32.6 Å². The molecule has 1 saturated carbocycles. The molecule has 1 unspecified atom stereocenters. The molecule has 3 nitrogen and oxygen atoms in total. The normalized spacial score (nSPS) is 22.3. The molecular formula is C10H19NO2. The molecule has 0 bridgehead atoms. The van der Waals surface area contributed by atoms with Crippen LogP contribution < -0.4 is 0 Å². The van der Waals surface area contributed by atoms with Gasteiger partial charge in [0.2, 0.25) is 0 Å². The molecule has 76 valence electrons. The quantitative estimate of drug-likeness (QED) is 0.707. The first-order valence-corrected chi connectivity index (χ1v) is 4.99. The molecule has 0 aliphatic heterocycles. The van der Waals surface area contributed by atoms with E-state index in [9.17, 15) is 9.90 Å². The van der Waals surface area contributed by atoms with E-state index in [-0.39, 0.29) is 6.10 Å². The summed E-state index contributed by atoms with van der Waals surface area (Å²) < 4.78 is 0. The number of nitrogens with zero attached hydrogens (tertiary/aromatic N) is 1. The number of aliphatic hydroxyl groups is 1. The standard InChI is InChI=1S/C10H19NO2/c1-8(12)7-11(2)9-3-5-10(13)6-4-9/h8-9,12H,3-7H2,1-2H3. The fourth-order valence-electron chi connectivity index (χ4n) is 1.93. The van der Waals surface area contributed by atoms with Crippen LogP contribution in [0.4, 0.5) is 0 Å². The van der Waals surface area contributed by atoms with Crippen molar-refractivity contribution >= 4 is 5.78 Å². The van der Waals surface area contributed by atoms with Crippen LogP contribution in [0.15, 0.2) is 0 Å². The molecule has 0 aromatic carbocycles. The monoisotopic (exact) mass is 185 g/mol. The van der Waals surface area contributed by atoms with Gasteiger partial charge in [-0.25, -0.2) is 0 Å². The number of hydrogen-bond acceptors (Lipinski definition) is 3. The van der Waals surface area contributed by atoms with Gasteiger partial charge in [-0.3, -0.25) is 4.79 Å². The third-order valence-corrected chi connectivity index (χ3v) is 2.69. The number of Topliss-reactive ketones (excluding diaryl/α,β-unsaturated/α-hetero) is 1. The summed E-state index contributed by atoms with van der Waals surface area (Å²) in [7, 11) is 2.02. The Morgan fingerprint density at radius 2 is 2.08 bits per heavy atom. The van der Waals surface area contributed by atoms with Crippen molar-refractivity contribution in [3.63, 3.8) is 0 Å². The number of carbonyl (C=O) groups is 1. The van der Waals surface area contributed by atoms with Crippen LogP contribution in [0.2, 0.25) is 0 Å². The van der Waals surface area contributed by atoms with Crippen molar-refractivity contribution in [3.05, 3.63) is 0 Å². The summed E-state index contributed by atoms with van der Waals surface area (Å²) in [5.41, 5.74) is 0. The van der Waals surface area contributed by atoms with Gasteiger partial charge in [0.05, 0.1) is 6.10 Å². The van der Waals surface area contributed by atoms with Crippen LogP contribution in [-0.4, -0.2) is 41.5 Å². The zero-order valence-corrected chi connectivity index (χ0v) is 8.49. The van der Waals surface area contributed by atoms with Crippen molar-refractivity contribution in [2.75, 3.05) is 13.6 Å². The predicted molar refractivity (Wildman–Crippen MR) is 51.6 cm³/mol. The predicted octanol–water partition coefficient (Wildman–Crippen LogP) is 0.811. The summed E-state index contributed by atoms with van der Waals surface area (Å²) in [6, 6.07) is 0.493. The first-order valence-electron chi connectivity index (χ1n) is 4.99. The van der Waals surface area contributed by atoms with Gasteiger partial charge in [0.25, 0.3) is 0 Å². The molecule has 0 aromatic heterocycles. The summed E-state index contributed by atoms with van der Waals surface area (Å²) in [5.74, 6) is 0.390. The molecule has 1 aliphatic rings. The molecule has 0 aromatic rings. The number of carbonyl (C=O) groups excluding carboxylic acids is 1. The highest BCUT2D eigenvalue weighted by molar-refractivity contribution is 5.79. The number of ketones is 1. The maximum atomic E-state index is 11.0. The number of aliphatic hydroxyl groups excluding tert-OH is 1. The highest BCUT2D eigenvalue weighted by atomic mass is 16.3. The lowest BCUT2D eigenvalue weighted by molar-refractivity contribution is -0.121. The minimum absolute atomic E-state index is 0.275. The fourth-order valence-corrected chi connectivity index (χ4v) is 1.93. The van der Waals surface area contributed by atoms with Crippen molar-refractivity contribution in [2.45, 2.75) is 44.8 Å². The molecule has 1 aliphatic carbocycles. The lowest BCUT2D eigenvalue weighted by atomic mass is 9.93. The third-order valence-electron chi connectivity index (χ3n) is 2.69. The van der Waals surface area contributed by atoms with Gasteiger partial charge in [-0.2, -0.15) is 0 Å². The summed E-state index contributed by atoms with van der Waals surface area (Å²) in [6.07, 6.45) is 3.08. The second-order valence-corrected chi connectivity index (χ2v) is 4.06. The molecule has 0 radical (unpaired) electrons. The maximum absolute atomic E-state index is 11.0. The topological polar surface area (TPSA) is 40.5 Å². The van der Waals surface area contributed by atoms with E-state index in [1.165, 1.54) is 0 Å². The molecule has 0 saturated heterocycles. The van der Waals surface area contributed by atoms with E-state index in [0.717, 1.165) is 25.7 Å². The van der Waals surface area contributed by atoms with Gasteiger partial charge in [0, 0.05) is 25.4 Å². The summed E-state index contributed by atoms with van der Waals surface area (Å²) >= 11 is 0. The average Bonchev–Trinajstić information content (AvgIpc) is 2.04. The zero-order valence-electron chi connectivity index (χ0n) is 8.49. The lowest BCUT2D eigenvalue weighted by Crippen LogP contribution is -2.39. The van der Waals surface area contributed by atoms with Gasteiger partial charge in [0.1, 0.15) is 5.78 Å². The summed E-state index contributed by atoms with van der Waals surface area (Å²) in [5, 5.41) is 9.20. The molecule has 13 heavy (non-hydrogen) atoms. The first-order chi connectivity index (χ1) is 6.09. The Hall–Kier alpha value is -0.410. The molecule has 1 fully saturated rings. The van der Waals surface area contributed by atoms with E-state index in [2.05, 4.69) is 4.90 Å². The van der Waals surface area contributed by atoms with Crippen molar-refractivity contribution in [1.82, 2.24) is 4.90 Å². The lowest BCUT2D eigenvalue weighted by Gasteiger charge is -2.31. The largest absolute Gasteiger partial charge is 0.392 e. The van der Waals surface area contributed by atoms with Gasteiger partial charge in [-0.05, 0) is 26.8 Å². The maximum Gasteiger partial charge on any atom is 0.133 e. The van der Waals surface area contributed by atoms with E-state index in [1.54, 1.807) is 6.92 Å². The Kier molecular flexibility index (Phi) is 3.88. The highest BCUT2D eigenvalue weighted by Gasteiger charge is 2.22.